The quantitative estimate of drug-likeness (QED) is 0.670. The van der Waals surface area contributed by atoms with Crippen LogP contribution in [0.15, 0.2) is 12.8 Å². The smallest absolute Gasteiger partial charge is 0.101 e. The molecule has 5 aliphatic rings. The van der Waals surface area contributed by atoms with Gasteiger partial charge in [-0.2, -0.15) is 0 Å². The second kappa shape index (κ2) is 3.35. The Hall–Kier alpha value is -0.460. The highest BCUT2D eigenvalue weighted by Gasteiger charge is 2.65. The van der Waals surface area contributed by atoms with Crippen LogP contribution in [0.1, 0.15) is 38.5 Å². The van der Waals surface area contributed by atoms with Gasteiger partial charge in [-0.25, -0.2) is 0 Å². The summed E-state index contributed by atoms with van der Waals surface area (Å²) in [5.74, 6) is 8.53. The fourth-order valence-electron chi connectivity index (χ4n) is 7.38. The molecule has 18 heavy (non-hydrogen) atoms. The molecule has 0 aliphatic heterocycles. The number of hydrogen-bond donors (Lipinski definition) is 0. The molecule has 9 unspecified atom stereocenters. The van der Waals surface area contributed by atoms with Gasteiger partial charge in [-0.1, -0.05) is 6.58 Å². The van der Waals surface area contributed by atoms with Crippen molar-refractivity contribution in [1.82, 2.24) is 0 Å². The van der Waals surface area contributed by atoms with Crippen LogP contribution in [0.5, 0.6) is 0 Å². The zero-order valence-corrected chi connectivity index (χ0v) is 11.1. The van der Waals surface area contributed by atoms with E-state index in [4.69, 9.17) is 4.74 Å². The molecule has 0 amide bonds. The number of rotatable bonds is 2. The minimum atomic E-state index is 0.534. The Labute approximate surface area is 110 Å². The first-order valence-corrected chi connectivity index (χ1v) is 8.13. The van der Waals surface area contributed by atoms with E-state index in [0.717, 1.165) is 47.3 Å². The molecule has 1 nitrogen and oxygen atoms in total. The van der Waals surface area contributed by atoms with Crippen molar-refractivity contribution in [2.75, 3.05) is 0 Å². The summed E-state index contributed by atoms with van der Waals surface area (Å²) in [4.78, 5) is 0. The first-order valence-electron chi connectivity index (χ1n) is 8.13. The van der Waals surface area contributed by atoms with E-state index in [9.17, 15) is 0 Å². The Morgan fingerprint density at radius 2 is 1.61 bits per heavy atom. The third-order valence-corrected chi connectivity index (χ3v) is 7.60. The van der Waals surface area contributed by atoms with Gasteiger partial charge in [0.2, 0.25) is 0 Å². The zero-order chi connectivity index (χ0) is 11.9. The maximum atomic E-state index is 5.84. The molecular formula is C17H24O. The molecular weight excluding hydrogens is 220 g/mol. The number of hydrogen-bond acceptors (Lipinski definition) is 1. The van der Waals surface area contributed by atoms with Gasteiger partial charge in [0.15, 0.2) is 0 Å². The predicted molar refractivity (Wildman–Crippen MR) is 70.7 cm³/mol. The third kappa shape index (κ3) is 1.07. The van der Waals surface area contributed by atoms with E-state index in [-0.39, 0.29) is 0 Å². The second-order valence-electron chi connectivity index (χ2n) is 7.79. The lowest BCUT2D eigenvalue weighted by molar-refractivity contribution is 0.0255. The molecule has 0 N–H and O–H groups in total. The summed E-state index contributed by atoms with van der Waals surface area (Å²) in [6.07, 6.45) is 11.4. The van der Waals surface area contributed by atoms with E-state index in [1.807, 2.05) is 0 Å². The molecule has 0 spiro atoms. The summed E-state index contributed by atoms with van der Waals surface area (Å²) < 4.78 is 5.84. The van der Waals surface area contributed by atoms with E-state index < -0.39 is 0 Å². The molecule has 0 aromatic heterocycles. The molecule has 0 aromatic carbocycles. The van der Waals surface area contributed by atoms with Crippen molar-refractivity contribution in [3.63, 3.8) is 0 Å². The molecule has 5 fully saturated rings. The van der Waals surface area contributed by atoms with Crippen molar-refractivity contribution >= 4 is 0 Å². The van der Waals surface area contributed by atoms with Gasteiger partial charge >= 0.3 is 0 Å². The van der Waals surface area contributed by atoms with Gasteiger partial charge in [0.05, 0.1) is 6.26 Å². The zero-order valence-electron chi connectivity index (χ0n) is 11.1. The van der Waals surface area contributed by atoms with E-state index >= 15 is 0 Å². The van der Waals surface area contributed by atoms with Gasteiger partial charge in [-0.05, 0) is 85.9 Å². The minimum Gasteiger partial charge on any atom is -0.498 e. The maximum absolute atomic E-state index is 5.84. The van der Waals surface area contributed by atoms with Crippen molar-refractivity contribution in [2.24, 2.45) is 47.3 Å². The second-order valence-corrected chi connectivity index (χ2v) is 7.79. The van der Waals surface area contributed by atoms with Crippen LogP contribution in [0, 0.1) is 47.3 Å². The highest BCUT2D eigenvalue weighted by Crippen LogP contribution is 2.71. The van der Waals surface area contributed by atoms with Crippen molar-refractivity contribution in [1.29, 1.82) is 0 Å². The van der Waals surface area contributed by atoms with Gasteiger partial charge in [-0.3, -0.25) is 0 Å². The molecule has 4 bridgehead atoms. The molecule has 0 saturated heterocycles. The van der Waals surface area contributed by atoms with E-state index in [1.54, 1.807) is 31.9 Å². The molecule has 1 heteroatoms. The summed E-state index contributed by atoms with van der Waals surface area (Å²) in [6.45, 7) is 3.78. The standard InChI is InChI=1S/C17H24O/c1-2-18-15-7-11-6-14(15)17-13(11)8-12-9-3-4-10(5-9)16(12)17/h2,9-17H,1,3-8H2. The third-order valence-electron chi connectivity index (χ3n) is 7.60. The van der Waals surface area contributed by atoms with Crippen molar-refractivity contribution in [3.05, 3.63) is 12.8 Å². The first kappa shape index (κ1) is 10.3. The number of fused-ring (bicyclic) bond motifs is 11. The highest BCUT2D eigenvalue weighted by atomic mass is 16.5. The van der Waals surface area contributed by atoms with Crippen LogP contribution in [-0.2, 0) is 4.74 Å². The predicted octanol–water partition coefficient (Wildman–Crippen LogP) is 3.85. The van der Waals surface area contributed by atoms with Gasteiger partial charge < -0.3 is 4.74 Å². The summed E-state index contributed by atoms with van der Waals surface area (Å²) in [5.41, 5.74) is 0. The van der Waals surface area contributed by atoms with Crippen LogP contribution in [0.3, 0.4) is 0 Å². The van der Waals surface area contributed by atoms with Crippen LogP contribution in [0.2, 0.25) is 0 Å². The Balaban J connectivity index is 1.47. The summed E-state index contributed by atoms with van der Waals surface area (Å²) in [7, 11) is 0. The lowest BCUT2D eigenvalue weighted by Crippen LogP contribution is -2.34. The monoisotopic (exact) mass is 244 g/mol. The van der Waals surface area contributed by atoms with E-state index in [1.165, 1.54) is 12.8 Å². The van der Waals surface area contributed by atoms with E-state index in [0.29, 0.717) is 6.10 Å². The molecule has 5 rings (SSSR count). The van der Waals surface area contributed by atoms with E-state index in [2.05, 4.69) is 6.58 Å². The van der Waals surface area contributed by atoms with Crippen LogP contribution >= 0.6 is 0 Å². The molecule has 5 saturated carbocycles. The van der Waals surface area contributed by atoms with Crippen LogP contribution in [0.25, 0.3) is 0 Å². The first-order chi connectivity index (χ1) is 8.86. The van der Waals surface area contributed by atoms with Crippen molar-refractivity contribution in [2.45, 2.75) is 44.6 Å². The SMILES string of the molecule is C=COC1CC2CC1C1C2CC2C3CCC(C3)C21. The van der Waals surface area contributed by atoms with Crippen LogP contribution < -0.4 is 0 Å². The van der Waals surface area contributed by atoms with Crippen molar-refractivity contribution < 1.29 is 4.74 Å². The van der Waals surface area contributed by atoms with Crippen LogP contribution in [0.4, 0.5) is 0 Å². The summed E-state index contributed by atoms with van der Waals surface area (Å²) in [6, 6.07) is 0. The van der Waals surface area contributed by atoms with Crippen LogP contribution in [-0.4, -0.2) is 6.10 Å². The normalized spacial score (nSPS) is 63.0. The van der Waals surface area contributed by atoms with Gasteiger partial charge in [0.25, 0.3) is 0 Å². The molecule has 0 radical (unpaired) electrons. The lowest BCUT2D eigenvalue weighted by Gasteiger charge is -2.36. The molecule has 0 aromatic rings. The fraction of sp³-hybridized carbons (Fsp3) is 0.882. The van der Waals surface area contributed by atoms with Crippen molar-refractivity contribution in [3.8, 4) is 0 Å². The van der Waals surface area contributed by atoms with Gasteiger partial charge in [0.1, 0.15) is 6.10 Å². The average molecular weight is 244 g/mol. The lowest BCUT2D eigenvalue weighted by atomic mass is 9.71. The Morgan fingerprint density at radius 3 is 2.50 bits per heavy atom. The summed E-state index contributed by atoms with van der Waals surface area (Å²) >= 11 is 0. The summed E-state index contributed by atoms with van der Waals surface area (Å²) in [5, 5.41) is 0. The maximum Gasteiger partial charge on any atom is 0.101 e. The molecule has 0 heterocycles. The van der Waals surface area contributed by atoms with Gasteiger partial charge in [-0.15, -0.1) is 0 Å². The average Bonchev–Trinajstić information content (AvgIpc) is 3.11. The Morgan fingerprint density at radius 1 is 0.778 bits per heavy atom. The minimum absolute atomic E-state index is 0.534. The topological polar surface area (TPSA) is 9.23 Å². The molecule has 98 valence electrons. The molecule has 5 aliphatic carbocycles. The Kier molecular flexibility index (Phi) is 1.92. The highest BCUT2D eigenvalue weighted by molar-refractivity contribution is 5.14. The fourth-order valence-corrected chi connectivity index (χ4v) is 7.38. The Bertz CT molecular complexity index is 389. The molecule has 9 atom stereocenters. The largest absolute Gasteiger partial charge is 0.498 e. The number of ether oxygens (including phenoxy) is 1. The van der Waals surface area contributed by atoms with Gasteiger partial charge in [0, 0.05) is 0 Å².